The van der Waals surface area contributed by atoms with Crippen LogP contribution in [0.2, 0.25) is 0 Å². The van der Waals surface area contributed by atoms with Crippen molar-refractivity contribution in [3.63, 3.8) is 0 Å². The Hall–Kier alpha value is -1.43. The Morgan fingerprint density at radius 3 is 2.65 bits per heavy atom. The van der Waals surface area contributed by atoms with E-state index in [0.29, 0.717) is 32.8 Å². The molecule has 0 amide bonds. The van der Waals surface area contributed by atoms with Crippen molar-refractivity contribution in [3.8, 4) is 0 Å². The lowest BCUT2D eigenvalue weighted by atomic mass is 10.0. The van der Waals surface area contributed by atoms with Gasteiger partial charge in [-0.25, -0.2) is 0 Å². The van der Waals surface area contributed by atoms with E-state index >= 15 is 0 Å². The average Bonchev–Trinajstić information content (AvgIpc) is 3.09. The topological polar surface area (TPSA) is 54.0 Å². The van der Waals surface area contributed by atoms with E-state index in [1.165, 1.54) is 0 Å². The zero-order valence-corrected chi connectivity index (χ0v) is 11.2. The predicted molar refractivity (Wildman–Crippen MR) is 69.8 cm³/mol. The third kappa shape index (κ3) is 3.17. The SMILES string of the molecule is O=C1C[C@H](C2OCCO2)[C@@H](COCc2ccccc2)O1. The van der Waals surface area contributed by atoms with Crippen LogP contribution in [0, 0.1) is 5.92 Å². The van der Waals surface area contributed by atoms with Gasteiger partial charge in [-0.1, -0.05) is 30.3 Å². The van der Waals surface area contributed by atoms with E-state index in [9.17, 15) is 4.79 Å². The largest absolute Gasteiger partial charge is 0.459 e. The molecule has 2 fully saturated rings. The summed E-state index contributed by atoms with van der Waals surface area (Å²) in [5.41, 5.74) is 1.10. The van der Waals surface area contributed by atoms with Crippen LogP contribution < -0.4 is 0 Å². The number of ether oxygens (including phenoxy) is 4. The van der Waals surface area contributed by atoms with E-state index in [1.807, 2.05) is 30.3 Å². The van der Waals surface area contributed by atoms with Gasteiger partial charge < -0.3 is 18.9 Å². The zero-order chi connectivity index (χ0) is 13.8. The molecule has 2 aliphatic rings. The lowest BCUT2D eigenvalue weighted by Gasteiger charge is -2.21. The Morgan fingerprint density at radius 2 is 1.90 bits per heavy atom. The molecule has 1 aromatic carbocycles. The molecule has 2 saturated heterocycles. The van der Waals surface area contributed by atoms with Crippen LogP contribution in [-0.4, -0.2) is 38.2 Å². The summed E-state index contributed by atoms with van der Waals surface area (Å²) in [7, 11) is 0. The number of hydrogen-bond acceptors (Lipinski definition) is 5. The Kier molecular flexibility index (Phi) is 4.30. The van der Waals surface area contributed by atoms with Gasteiger partial charge >= 0.3 is 5.97 Å². The number of benzene rings is 1. The first-order valence-electron chi connectivity index (χ1n) is 6.87. The lowest BCUT2D eigenvalue weighted by Crippen LogP contribution is -2.32. The van der Waals surface area contributed by atoms with E-state index in [2.05, 4.69) is 0 Å². The minimum atomic E-state index is -0.341. The summed E-state index contributed by atoms with van der Waals surface area (Å²) in [5, 5.41) is 0. The highest BCUT2D eigenvalue weighted by Crippen LogP contribution is 2.30. The van der Waals surface area contributed by atoms with Crippen LogP contribution in [0.5, 0.6) is 0 Å². The average molecular weight is 278 g/mol. The van der Waals surface area contributed by atoms with Crippen LogP contribution in [-0.2, 0) is 30.3 Å². The second-order valence-corrected chi connectivity index (χ2v) is 5.01. The van der Waals surface area contributed by atoms with Gasteiger partial charge in [-0.15, -0.1) is 0 Å². The monoisotopic (exact) mass is 278 g/mol. The van der Waals surface area contributed by atoms with E-state index in [1.54, 1.807) is 0 Å². The lowest BCUT2D eigenvalue weighted by molar-refractivity contribution is -0.146. The molecule has 0 N–H and O–H groups in total. The van der Waals surface area contributed by atoms with Gasteiger partial charge in [0.25, 0.3) is 0 Å². The molecule has 0 saturated carbocycles. The Balaban J connectivity index is 1.51. The Labute approximate surface area is 117 Å². The number of rotatable bonds is 5. The molecule has 1 aromatic rings. The Morgan fingerprint density at radius 1 is 1.15 bits per heavy atom. The highest BCUT2D eigenvalue weighted by Gasteiger charge is 2.42. The molecule has 0 aromatic heterocycles. The molecule has 5 nitrogen and oxygen atoms in total. The van der Waals surface area contributed by atoms with Crippen molar-refractivity contribution >= 4 is 5.97 Å². The second-order valence-electron chi connectivity index (χ2n) is 5.01. The quantitative estimate of drug-likeness (QED) is 0.764. The molecule has 5 heteroatoms. The van der Waals surface area contributed by atoms with Crippen molar-refractivity contribution in [2.75, 3.05) is 19.8 Å². The number of carbonyl (C=O) groups excluding carboxylic acids is 1. The van der Waals surface area contributed by atoms with Crippen molar-refractivity contribution < 1.29 is 23.7 Å². The third-order valence-electron chi connectivity index (χ3n) is 3.55. The first kappa shape index (κ1) is 13.5. The van der Waals surface area contributed by atoms with Crippen LogP contribution in [0.25, 0.3) is 0 Å². The predicted octanol–water partition coefficient (Wildman–Crippen LogP) is 1.51. The summed E-state index contributed by atoms with van der Waals surface area (Å²) < 4.78 is 21.9. The van der Waals surface area contributed by atoms with Gasteiger partial charge in [0.2, 0.25) is 0 Å². The fourth-order valence-electron chi connectivity index (χ4n) is 2.55. The molecule has 0 radical (unpaired) electrons. The molecule has 2 atom stereocenters. The van der Waals surface area contributed by atoms with Gasteiger partial charge in [0.1, 0.15) is 6.10 Å². The summed E-state index contributed by atoms with van der Waals surface area (Å²) in [5.74, 6) is -0.275. The van der Waals surface area contributed by atoms with Crippen LogP contribution in [0.15, 0.2) is 30.3 Å². The molecule has 108 valence electrons. The summed E-state index contributed by atoms with van der Waals surface area (Å²) in [6.45, 7) is 2.03. The van der Waals surface area contributed by atoms with Crippen LogP contribution in [0.4, 0.5) is 0 Å². The molecule has 0 bridgehead atoms. The van der Waals surface area contributed by atoms with E-state index in [0.717, 1.165) is 5.56 Å². The summed E-state index contributed by atoms with van der Waals surface area (Å²) in [4.78, 5) is 11.5. The first-order chi connectivity index (χ1) is 9.83. The minimum Gasteiger partial charge on any atom is -0.459 e. The first-order valence-corrected chi connectivity index (χ1v) is 6.87. The molecule has 0 spiro atoms. The van der Waals surface area contributed by atoms with Gasteiger partial charge in [0.15, 0.2) is 6.29 Å². The highest BCUT2D eigenvalue weighted by atomic mass is 16.7. The standard InChI is InChI=1S/C15H18O5/c16-14-8-12(15-18-6-7-19-15)13(20-14)10-17-9-11-4-2-1-3-5-11/h1-5,12-13,15H,6-10H2/t12-,13+/m0/s1. The maximum Gasteiger partial charge on any atom is 0.306 e. The summed E-state index contributed by atoms with van der Waals surface area (Å²) >= 11 is 0. The summed E-state index contributed by atoms with van der Waals surface area (Å²) in [6, 6.07) is 9.91. The van der Waals surface area contributed by atoms with Gasteiger partial charge in [-0.05, 0) is 5.56 Å². The van der Waals surface area contributed by atoms with E-state index < -0.39 is 0 Å². The van der Waals surface area contributed by atoms with Crippen molar-refractivity contribution in [2.24, 2.45) is 5.92 Å². The third-order valence-corrected chi connectivity index (χ3v) is 3.55. The molecule has 2 aliphatic heterocycles. The molecular formula is C15H18O5. The summed E-state index contributed by atoms with van der Waals surface area (Å²) in [6.07, 6.45) is -0.287. The number of carbonyl (C=O) groups is 1. The minimum absolute atomic E-state index is 0.0687. The van der Waals surface area contributed by atoms with Gasteiger partial charge in [0.05, 0.1) is 38.8 Å². The van der Waals surface area contributed by atoms with Crippen molar-refractivity contribution in [3.05, 3.63) is 35.9 Å². The van der Waals surface area contributed by atoms with Crippen LogP contribution in [0.3, 0.4) is 0 Å². The highest BCUT2D eigenvalue weighted by molar-refractivity contribution is 5.72. The van der Waals surface area contributed by atoms with Crippen LogP contribution in [0.1, 0.15) is 12.0 Å². The fourth-order valence-corrected chi connectivity index (χ4v) is 2.55. The van der Waals surface area contributed by atoms with Gasteiger partial charge in [-0.3, -0.25) is 4.79 Å². The molecule has 3 rings (SSSR count). The van der Waals surface area contributed by atoms with Gasteiger partial charge in [-0.2, -0.15) is 0 Å². The second kappa shape index (κ2) is 6.35. The molecular weight excluding hydrogens is 260 g/mol. The smallest absolute Gasteiger partial charge is 0.306 e. The normalized spacial score (nSPS) is 26.9. The number of hydrogen-bond donors (Lipinski definition) is 0. The molecule has 20 heavy (non-hydrogen) atoms. The fraction of sp³-hybridized carbons (Fsp3) is 0.533. The molecule has 0 aliphatic carbocycles. The van der Waals surface area contributed by atoms with Crippen molar-refractivity contribution in [2.45, 2.75) is 25.4 Å². The Bertz CT molecular complexity index is 441. The molecule has 0 unspecified atom stereocenters. The maximum absolute atomic E-state index is 11.5. The zero-order valence-electron chi connectivity index (χ0n) is 11.2. The van der Waals surface area contributed by atoms with E-state index in [-0.39, 0.29) is 24.3 Å². The van der Waals surface area contributed by atoms with Gasteiger partial charge in [0, 0.05) is 0 Å². The number of cyclic esters (lactones) is 1. The molecule has 2 heterocycles. The maximum atomic E-state index is 11.5. The van der Waals surface area contributed by atoms with Crippen molar-refractivity contribution in [1.29, 1.82) is 0 Å². The number of esters is 1. The van der Waals surface area contributed by atoms with E-state index in [4.69, 9.17) is 18.9 Å². The van der Waals surface area contributed by atoms with Crippen molar-refractivity contribution in [1.82, 2.24) is 0 Å². The van der Waals surface area contributed by atoms with Crippen LogP contribution >= 0.6 is 0 Å².